The van der Waals surface area contributed by atoms with Crippen molar-refractivity contribution in [2.75, 3.05) is 54.1 Å². The molecule has 4 fully saturated rings. The van der Waals surface area contributed by atoms with Crippen molar-refractivity contribution in [3.8, 4) is 0 Å². The van der Waals surface area contributed by atoms with E-state index in [0.717, 1.165) is 27.7 Å². The number of esters is 3. The summed E-state index contributed by atoms with van der Waals surface area (Å²) in [5.41, 5.74) is -3.23. The number of para-hydroxylation sites is 1. The van der Waals surface area contributed by atoms with Gasteiger partial charge in [0, 0.05) is 85.3 Å². The average molecular weight is 827 g/mol. The molecular formula is C46H58N4O10. The highest BCUT2D eigenvalue weighted by Gasteiger charge is 2.82. The van der Waals surface area contributed by atoms with Gasteiger partial charge in [-0.3, -0.25) is 24.2 Å². The molecule has 14 nitrogen and oxygen atoms in total. The van der Waals surface area contributed by atoms with Gasteiger partial charge in [0.1, 0.15) is 5.41 Å². The predicted molar refractivity (Wildman–Crippen MR) is 219 cm³/mol. The number of piperidine rings is 1. The van der Waals surface area contributed by atoms with Gasteiger partial charge in [-0.1, -0.05) is 50.3 Å². The fourth-order valence-corrected chi connectivity index (χ4v) is 13.8. The Labute approximate surface area is 350 Å². The number of ether oxygens (including phenoxy) is 4. The number of fused-ring (bicyclic) bond motifs is 6. The molecule has 6 heterocycles. The summed E-state index contributed by atoms with van der Waals surface area (Å²) < 4.78 is 23.9. The van der Waals surface area contributed by atoms with Gasteiger partial charge in [-0.25, -0.2) is 4.79 Å². The second kappa shape index (κ2) is 14.4. The van der Waals surface area contributed by atoms with Gasteiger partial charge in [-0.05, 0) is 74.3 Å². The SMILES string of the molecule is CC[C@]1(O)C[C@@H]2CN(CCc3c([nH]c4ccccc34)[C@@](C(=O)OC)(C3C=C4C(=CC3OC)N(C=O)C3[C@]45CCN4CC=C[C@](CC)(C45)[C@@H](OC(C)=O)[C@]3(O)C(=O)OC)C2)C1. The zero-order valence-electron chi connectivity index (χ0n) is 35.4. The molecule has 14 heteroatoms. The second-order valence-corrected chi connectivity index (χ2v) is 18.5. The quantitative estimate of drug-likeness (QED) is 0.154. The number of aromatic amines is 1. The summed E-state index contributed by atoms with van der Waals surface area (Å²) in [6, 6.07) is 6.37. The molecule has 7 aliphatic rings. The number of carbonyl (C=O) groups is 4. The fraction of sp³-hybridized carbons (Fsp3) is 0.609. The predicted octanol–water partition coefficient (Wildman–Crippen LogP) is 3.16. The molecule has 60 heavy (non-hydrogen) atoms. The number of allylic oxidation sites excluding steroid dienone is 1. The van der Waals surface area contributed by atoms with Gasteiger partial charge >= 0.3 is 17.9 Å². The molecule has 5 unspecified atom stereocenters. The Morgan fingerprint density at radius 1 is 0.983 bits per heavy atom. The lowest BCUT2D eigenvalue weighted by atomic mass is 9.47. The van der Waals surface area contributed by atoms with Crippen LogP contribution in [0, 0.1) is 22.7 Å². The van der Waals surface area contributed by atoms with Crippen LogP contribution in [0.2, 0.25) is 0 Å². The lowest BCUT2D eigenvalue weighted by molar-refractivity contribution is -0.242. The van der Waals surface area contributed by atoms with Crippen molar-refractivity contribution >= 4 is 35.2 Å². The highest BCUT2D eigenvalue weighted by atomic mass is 16.6. The first kappa shape index (κ1) is 41.0. The molecule has 1 spiro atoms. The van der Waals surface area contributed by atoms with E-state index in [0.29, 0.717) is 83.4 Å². The molecule has 322 valence electrons. The van der Waals surface area contributed by atoms with Gasteiger partial charge < -0.3 is 39.0 Å². The minimum Gasteiger partial charge on any atom is -0.468 e. The molecule has 5 aliphatic heterocycles. The maximum absolute atomic E-state index is 15.4. The number of methoxy groups -OCH3 is 3. The molecule has 1 amide bonds. The zero-order chi connectivity index (χ0) is 42.6. The minimum atomic E-state index is -2.51. The van der Waals surface area contributed by atoms with E-state index in [1.807, 2.05) is 50.3 Å². The van der Waals surface area contributed by atoms with E-state index in [2.05, 4.69) is 26.9 Å². The highest BCUT2D eigenvalue weighted by molar-refractivity contribution is 5.92. The second-order valence-electron chi connectivity index (χ2n) is 18.5. The lowest BCUT2D eigenvalue weighted by Crippen LogP contribution is -2.80. The van der Waals surface area contributed by atoms with E-state index in [4.69, 9.17) is 18.9 Å². The molecule has 0 radical (unpaired) electrons. The molecule has 3 saturated heterocycles. The van der Waals surface area contributed by atoms with Crippen LogP contribution < -0.4 is 0 Å². The average Bonchev–Trinajstić information content (AvgIpc) is 3.92. The van der Waals surface area contributed by atoms with Crippen LogP contribution in [0.15, 0.2) is 59.8 Å². The number of hydrogen-bond donors (Lipinski definition) is 3. The maximum Gasteiger partial charge on any atom is 0.344 e. The summed E-state index contributed by atoms with van der Waals surface area (Å²) in [6.45, 7) is 8.27. The number of nitrogens with zero attached hydrogens (tertiary/aromatic N) is 3. The Bertz CT molecular complexity index is 2220. The molecule has 1 aromatic carbocycles. The maximum atomic E-state index is 15.4. The van der Waals surface area contributed by atoms with Crippen molar-refractivity contribution < 1.29 is 48.3 Å². The van der Waals surface area contributed by atoms with Crippen molar-refractivity contribution in [1.29, 1.82) is 0 Å². The summed E-state index contributed by atoms with van der Waals surface area (Å²) >= 11 is 0. The van der Waals surface area contributed by atoms with Crippen molar-refractivity contribution in [3.05, 3.63) is 71.1 Å². The Kier molecular flexibility index (Phi) is 9.83. The summed E-state index contributed by atoms with van der Waals surface area (Å²) in [5, 5.41) is 26.3. The minimum absolute atomic E-state index is 0.121. The summed E-state index contributed by atoms with van der Waals surface area (Å²) in [5.74, 6) is -2.99. The van der Waals surface area contributed by atoms with Gasteiger partial charge in [0.15, 0.2) is 6.10 Å². The standard InChI is InChI=1S/C46H58N4O10/c1-7-42(55)22-28-23-45(40(53)58-5,36-30(14-18-48(24-28)25-42)29-12-9-10-13-33(29)47-36)32-20-31-34(21-35(32)57-4)50(26-51)38-44(31)16-19-49-17-11-15-43(8-2,37(44)49)39(60-27(3)52)46(38,56)41(54)59-6/h9-13,15,20-21,26,28,32,35,37-39,47,55-56H,7-8,14,16-19,22-25H2,1-6H3/t28-,32?,35?,37?,38?,39+,42-,43+,44+,45-,46-/m0/s1. The number of nitrogens with one attached hydrogen (secondary N) is 1. The smallest absolute Gasteiger partial charge is 0.344 e. The number of carbonyl (C=O) groups excluding carboxylic acids is 4. The van der Waals surface area contributed by atoms with Crippen LogP contribution in [0.5, 0.6) is 0 Å². The monoisotopic (exact) mass is 826 g/mol. The Morgan fingerprint density at radius 2 is 1.75 bits per heavy atom. The van der Waals surface area contributed by atoms with Gasteiger partial charge in [0.25, 0.3) is 0 Å². The summed E-state index contributed by atoms with van der Waals surface area (Å²) in [6.07, 6.45) is 9.19. The van der Waals surface area contributed by atoms with Gasteiger partial charge in [0.2, 0.25) is 12.0 Å². The van der Waals surface area contributed by atoms with E-state index in [9.17, 15) is 24.6 Å². The number of hydrogen-bond acceptors (Lipinski definition) is 12. The molecule has 12 atom stereocenters. The third-order valence-corrected chi connectivity index (χ3v) is 15.9. The van der Waals surface area contributed by atoms with Crippen molar-refractivity contribution in [3.63, 3.8) is 0 Å². The summed E-state index contributed by atoms with van der Waals surface area (Å²) in [7, 11) is 4.18. The van der Waals surface area contributed by atoms with Gasteiger partial charge in [0.05, 0.1) is 32.0 Å². The molecule has 1 aromatic heterocycles. The van der Waals surface area contributed by atoms with Crippen molar-refractivity contribution in [2.24, 2.45) is 22.7 Å². The third kappa shape index (κ3) is 5.29. The van der Waals surface area contributed by atoms with Crippen molar-refractivity contribution in [1.82, 2.24) is 19.7 Å². The van der Waals surface area contributed by atoms with Crippen LogP contribution in [0.3, 0.4) is 0 Å². The fourth-order valence-electron chi connectivity index (χ4n) is 13.8. The van der Waals surface area contributed by atoms with Gasteiger partial charge in [-0.15, -0.1) is 0 Å². The van der Waals surface area contributed by atoms with Gasteiger partial charge in [-0.2, -0.15) is 0 Å². The molecule has 9 rings (SSSR count). The number of aliphatic hydroxyl groups is 2. The molecule has 2 bridgehead atoms. The van der Waals surface area contributed by atoms with Crippen LogP contribution in [-0.4, -0.2) is 144 Å². The summed E-state index contributed by atoms with van der Waals surface area (Å²) in [4.78, 5) is 66.3. The topological polar surface area (TPSA) is 171 Å². The number of amides is 1. The van der Waals surface area contributed by atoms with Crippen LogP contribution in [0.4, 0.5) is 0 Å². The lowest BCUT2D eigenvalue weighted by Gasteiger charge is -2.63. The normalized spacial score (nSPS) is 40.4. The highest BCUT2D eigenvalue weighted by Crippen LogP contribution is 2.70. The molecule has 1 saturated carbocycles. The number of benzene rings is 1. The Balaban J connectivity index is 1.34. The van der Waals surface area contributed by atoms with E-state index >= 15 is 4.79 Å². The third-order valence-electron chi connectivity index (χ3n) is 15.9. The first-order chi connectivity index (χ1) is 28.8. The molecular weight excluding hydrogens is 769 g/mol. The van der Waals surface area contributed by atoms with E-state index in [1.54, 1.807) is 7.11 Å². The van der Waals surface area contributed by atoms with Crippen LogP contribution in [-0.2, 0) is 50.0 Å². The molecule has 2 aromatic rings. The number of likely N-dealkylation sites (tertiary alicyclic amines) is 1. The van der Waals surface area contributed by atoms with Crippen molar-refractivity contribution in [2.45, 2.75) is 100 Å². The Hall–Kier alpha value is -4.34. The number of rotatable bonds is 8. The molecule has 3 N–H and O–H groups in total. The number of aromatic nitrogens is 1. The number of H-pyrrole nitrogens is 1. The largest absolute Gasteiger partial charge is 0.468 e. The van der Waals surface area contributed by atoms with E-state index in [1.165, 1.54) is 26.0 Å². The molecule has 2 aliphatic carbocycles. The zero-order valence-corrected chi connectivity index (χ0v) is 35.4. The van der Waals surface area contributed by atoms with E-state index in [-0.39, 0.29) is 5.92 Å². The first-order valence-electron chi connectivity index (χ1n) is 21.5. The van der Waals surface area contributed by atoms with E-state index < -0.39 is 75.6 Å². The van der Waals surface area contributed by atoms with Crippen LogP contribution in [0.1, 0.15) is 64.1 Å². The first-order valence-corrected chi connectivity index (χ1v) is 21.5. The van der Waals surface area contributed by atoms with Crippen LogP contribution in [0.25, 0.3) is 10.9 Å². The Morgan fingerprint density at radius 3 is 2.43 bits per heavy atom. The van der Waals surface area contributed by atoms with Crippen LogP contribution >= 0.6 is 0 Å².